The topological polar surface area (TPSA) is 53.9 Å². The van der Waals surface area contributed by atoms with Crippen molar-refractivity contribution >= 4 is 29.1 Å². The van der Waals surface area contributed by atoms with E-state index in [0.717, 1.165) is 31.0 Å². The first-order chi connectivity index (χ1) is 11.7. The highest BCUT2D eigenvalue weighted by Gasteiger charge is 2.31. The lowest BCUT2D eigenvalue weighted by Crippen LogP contribution is -2.36. The number of hydrogen-bond donors (Lipinski definition) is 1. The van der Waals surface area contributed by atoms with Crippen LogP contribution in [0.25, 0.3) is 0 Å². The summed E-state index contributed by atoms with van der Waals surface area (Å²) < 4.78 is 43.4. The minimum atomic E-state index is -4.51. The van der Waals surface area contributed by atoms with Crippen LogP contribution in [-0.2, 0) is 15.7 Å². The van der Waals surface area contributed by atoms with Crippen LogP contribution >= 0.6 is 11.6 Å². The molecule has 0 aliphatic heterocycles. The average molecular weight is 380 g/mol. The number of hydrogen-bond acceptors (Lipinski definition) is 4. The Morgan fingerprint density at radius 1 is 1.36 bits per heavy atom. The first-order valence-electron chi connectivity index (χ1n) is 7.79. The van der Waals surface area contributed by atoms with Crippen LogP contribution in [0.5, 0.6) is 0 Å². The minimum absolute atomic E-state index is 0.0382. The summed E-state index contributed by atoms with van der Waals surface area (Å²) in [5, 5.41) is 3.97. The van der Waals surface area contributed by atoms with Crippen molar-refractivity contribution < 1.29 is 22.7 Å². The number of alkyl halides is 3. The van der Waals surface area contributed by atoms with E-state index in [2.05, 4.69) is 10.5 Å². The molecule has 9 heteroatoms. The Morgan fingerprint density at radius 2 is 2.04 bits per heavy atom. The fraction of sp³-hybridized carbons (Fsp3) is 0.500. The molecular formula is C16H21ClF3N3O2. The van der Waals surface area contributed by atoms with Gasteiger partial charge in [0.1, 0.15) is 0 Å². The van der Waals surface area contributed by atoms with Crippen LogP contribution in [0.2, 0.25) is 5.02 Å². The largest absolute Gasteiger partial charge is 0.460 e. The van der Waals surface area contributed by atoms with Crippen molar-refractivity contribution in [3.63, 3.8) is 0 Å². The molecule has 0 fully saturated rings. The Labute approximate surface area is 149 Å². The van der Waals surface area contributed by atoms with Crippen molar-refractivity contribution in [2.24, 2.45) is 5.10 Å². The number of halogens is 4. The van der Waals surface area contributed by atoms with E-state index in [1.165, 1.54) is 0 Å². The molecule has 0 radical (unpaired) electrons. The summed E-state index contributed by atoms with van der Waals surface area (Å²) in [6.45, 7) is 4.35. The molecule has 140 valence electrons. The van der Waals surface area contributed by atoms with Gasteiger partial charge in [-0.3, -0.25) is 5.43 Å². The highest BCUT2D eigenvalue weighted by atomic mass is 35.5. The van der Waals surface area contributed by atoms with Crippen LogP contribution in [0.15, 0.2) is 23.3 Å². The third kappa shape index (κ3) is 6.45. The second-order valence-electron chi connectivity index (χ2n) is 5.24. The number of anilines is 1. The van der Waals surface area contributed by atoms with Crippen molar-refractivity contribution in [2.75, 3.05) is 25.6 Å². The number of hydrazone groups is 1. The molecule has 5 nitrogen and oxygen atoms in total. The molecule has 0 amide bonds. The van der Waals surface area contributed by atoms with E-state index in [1.54, 1.807) is 18.9 Å². The molecule has 0 spiro atoms. The zero-order valence-corrected chi connectivity index (χ0v) is 15.0. The molecular weight excluding hydrogens is 359 g/mol. The molecule has 0 aliphatic rings. The highest BCUT2D eigenvalue weighted by Crippen LogP contribution is 2.33. The predicted octanol–water partition coefficient (Wildman–Crippen LogP) is 4.38. The first-order valence-corrected chi connectivity index (χ1v) is 8.17. The van der Waals surface area contributed by atoms with Crippen LogP contribution in [-0.4, -0.2) is 36.9 Å². The number of rotatable bonds is 6. The number of carbonyl (C=O) groups excluding carboxylic acids is 1. The zero-order valence-electron chi connectivity index (χ0n) is 14.3. The summed E-state index contributed by atoms with van der Waals surface area (Å²) in [5.41, 5.74) is 1.51. The Bertz CT molecular complexity index is 621. The zero-order chi connectivity index (χ0) is 19.0. The van der Waals surface area contributed by atoms with Crippen LogP contribution in [0.3, 0.4) is 0 Å². The monoisotopic (exact) mass is 379 g/mol. The standard InChI is InChI=1S/C16H21ClF3N3O2/c1-4-6-9-23(3)14(15(24)25-5-2)22-21-13-10-11(16(18,19)20)7-8-12(13)17/h7-8,10,21H,4-6,9H2,1-3H3/b22-14+. The van der Waals surface area contributed by atoms with E-state index in [1.807, 2.05) is 6.92 Å². The van der Waals surface area contributed by atoms with Gasteiger partial charge in [-0.05, 0) is 31.5 Å². The maximum absolute atomic E-state index is 12.8. The lowest BCUT2D eigenvalue weighted by molar-refractivity contribution is -0.137. The van der Waals surface area contributed by atoms with Gasteiger partial charge in [0.25, 0.3) is 0 Å². The van der Waals surface area contributed by atoms with Gasteiger partial charge in [-0.1, -0.05) is 24.9 Å². The summed E-state index contributed by atoms with van der Waals surface area (Å²) in [5.74, 6) is -0.708. The van der Waals surface area contributed by atoms with Crippen molar-refractivity contribution in [3.05, 3.63) is 28.8 Å². The maximum atomic E-state index is 12.8. The van der Waals surface area contributed by atoms with E-state index in [0.29, 0.717) is 6.54 Å². The molecule has 1 rings (SSSR count). The third-order valence-electron chi connectivity index (χ3n) is 3.24. The molecule has 0 saturated carbocycles. The van der Waals surface area contributed by atoms with Crippen LogP contribution in [0, 0.1) is 0 Å². The molecule has 1 aromatic rings. The van der Waals surface area contributed by atoms with E-state index in [-0.39, 0.29) is 23.2 Å². The Kier molecular flexibility index (Phi) is 8.02. The van der Waals surface area contributed by atoms with Gasteiger partial charge in [-0.15, -0.1) is 5.10 Å². The van der Waals surface area contributed by atoms with Crippen molar-refractivity contribution in [1.82, 2.24) is 4.90 Å². The number of nitrogens with one attached hydrogen (secondary N) is 1. The summed E-state index contributed by atoms with van der Waals surface area (Å²) in [4.78, 5) is 13.6. The highest BCUT2D eigenvalue weighted by molar-refractivity contribution is 6.35. The smallest absolute Gasteiger partial charge is 0.416 e. The fourth-order valence-electron chi connectivity index (χ4n) is 1.88. The molecule has 25 heavy (non-hydrogen) atoms. The number of carbonyl (C=O) groups is 1. The van der Waals surface area contributed by atoms with E-state index in [4.69, 9.17) is 16.3 Å². The molecule has 0 atom stereocenters. The van der Waals surface area contributed by atoms with Gasteiger partial charge < -0.3 is 9.64 Å². The lowest BCUT2D eigenvalue weighted by Gasteiger charge is -2.19. The average Bonchev–Trinajstić information content (AvgIpc) is 2.53. The van der Waals surface area contributed by atoms with Gasteiger partial charge >= 0.3 is 12.1 Å². The van der Waals surface area contributed by atoms with Gasteiger partial charge in [0.2, 0.25) is 5.84 Å². The second-order valence-corrected chi connectivity index (χ2v) is 5.64. The Morgan fingerprint density at radius 3 is 2.60 bits per heavy atom. The summed E-state index contributed by atoms with van der Waals surface area (Å²) in [6, 6.07) is 2.82. The first kappa shape index (κ1) is 21.1. The number of ether oxygens (including phenoxy) is 1. The quantitative estimate of drug-likeness (QED) is 0.345. The van der Waals surface area contributed by atoms with Gasteiger partial charge in [0.15, 0.2) is 0 Å². The van der Waals surface area contributed by atoms with Gasteiger partial charge in [-0.2, -0.15) is 13.2 Å². The van der Waals surface area contributed by atoms with Crippen LogP contribution < -0.4 is 5.43 Å². The van der Waals surface area contributed by atoms with Gasteiger partial charge in [0, 0.05) is 13.6 Å². The van der Waals surface area contributed by atoms with E-state index < -0.39 is 17.7 Å². The van der Waals surface area contributed by atoms with E-state index >= 15 is 0 Å². The molecule has 0 aliphatic carbocycles. The molecule has 0 bridgehead atoms. The minimum Gasteiger partial charge on any atom is -0.460 e. The van der Waals surface area contributed by atoms with Crippen LogP contribution in [0.4, 0.5) is 18.9 Å². The Balaban J connectivity index is 3.08. The SMILES string of the molecule is CCCCN(C)/C(=N/Nc1cc(C(F)(F)F)ccc1Cl)C(=O)OCC. The molecule has 0 heterocycles. The number of nitrogens with zero attached hydrogens (tertiary/aromatic N) is 2. The Hall–Kier alpha value is -1.96. The number of amidine groups is 1. The molecule has 0 saturated heterocycles. The van der Waals surface area contributed by atoms with Crippen molar-refractivity contribution in [1.29, 1.82) is 0 Å². The van der Waals surface area contributed by atoms with Crippen molar-refractivity contribution in [2.45, 2.75) is 32.9 Å². The maximum Gasteiger partial charge on any atom is 0.416 e. The number of likely N-dealkylation sites (N-methyl/N-ethyl adjacent to an activating group) is 1. The summed E-state index contributed by atoms with van der Waals surface area (Å²) in [7, 11) is 1.65. The van der Waals surface area contributed by atoms with E-state index in [9.17, 15) is 18.0 Å². The molecule has 0 unspecified atom stereocenters. The number of esters is 1. The molecule has 1 N–H and O–H groups in total. The third-order valence-corrected chi connectivity index (χ3v) is 3.57. The van der Waals surface area contributed by atoms with Gasteiger partial charge in [0.05, 0.1) is 22.9 Å². The molecule has 1 aromatic carbocycles. The summed E-state index contributed by atoms with van der Waals surface area (Å²) in [6.07, 6.45) is -2.78. The lowest BCUT2D eigenvalue weighted by atomic mass is 10.2. The number of benzene rings is 1. The number of unbranched alkanes of at least 4 members (excludes halogenated alkanes) is 1. The molecule has 0 aromatic heterocycles. The second kappa shape index (κ2) is 9.50. The normalized spacial score (nSPS) is 12.0. The van der Waals surface area contributed by atoms with Crippen molar-refractivity contribution in [3.8, 4) is 0 Å². The fourth-order valence-corrected chi connectivity index (χ4v) is 2.04. The summed E-state index contributed by atoms with van der Waals surface area (Å²) >= 11 is 5.90. The van der Waals surface area contributed by atoms with Crippen LogP contribution in [0.1, 0.15) is 32.3 Å². The van der Waals surface area contributed by atoms with Gasteiger partial charge in [-0.25, -0.2) is 4.79 Å². The predicted molar refractivity (Wildman–Crippen MR) is 91.7 cm³/mol.